The summed E-state index contributed by atoms with van der Waals surface area (Å²) in [6.07, 6.45) is 0. The summed E-state index contributed by atoms with van der Waals surface area (Å²) in [7, 11) is 0. The van der Waals surface area contributed by atoms with E-state index in [-0.39, 0.29) is 6.04 Å². The molecule has 0 bridgehead atoms. The zero-order chi connectivity index (χ0) is 8.27. The lowest BCUT2D eigenvalue weighted by Gasteiger charge is -2.09. The standard InChI is InChI=1S/C8H11BrN2/c1-6(11-10)7-3-2-4-8(9)5-7/h2-6,11H,10H2,1H3/t6-/m1/s1. The van der Waals surface area contributed by atoms with E-state index in [1.165, 1.54) is 5.56 Å². The predicted molar refractivity (Wildman–Crippen MR) is 49.9 cm³/mol. The van der Waals surface area contributed by atoms with Crippen molar-refractivity contribution in [2.24, 2.45) is 5.84 Å². The summed E-state index contributed by atoms with van der Waals surface area (Å²) in [5, 5.41) is 0. The van der Waals surface area contributed by atoms with Crippen molar-refractivity contribution in [3.05, 3.63) is 34.3 Å². The number of benzene rings is 1. The van der Waals surface area contributed by atoms with Gasteiger partial charge >= 0.3 is 0 Å². The summed E-state index contributed by atoms with van der Waals surface area (Å²) in [4.78, 5) is 0. The van der Waals surface area contributed by atoms with Crippen molar-refractivity contribution in [3.63, 3.8) is 0 Å². The lowest BCUT2D eigenvalue weighted by Crippen LogP contribution is -2.25. The molecule has 1 aromatic rings. The van der Waals surface area contributed by atoms with E-state index in [2.05, 4.69) is 21.4 Å². The topological polar surface area (TPSA) is 38.0 Å². The van der Waals surface area contributed by atoms with Crippen LogP contribution in [-0.4, -0.2) is 0 Å². The van der Waals surface area contributed by atoms with Gasteiger partial charge in [-0.2, -0.15) is 0 Å². The lowest BCUT2D eigenvalue weighted by atomic mass is 10.1. The van der Waals surface area contributed by atoms with Crippen LogP contribution < -0.4 is 11.3 Å². The van der Waals surface area contributed by atoms with Crippen LogP contribution in [0.25, 0.3) is 0 Å². The fraction of sp³-hybridized carbons (Fsp3) is 0.250. The first kappa shape index (κ1) is 8.71. The Morgan fingerprint density at radius 2 is 2.27 bits per heavy atom. The Bertz CT molecular complexity index is 237. The van der Waals surface area contributed by atoms with Crippen molar-refractivity contribution in [1.29, 1.82) is 0 Å². The molecule has 0 saturated heterocycles. The molecule has 11 heavy (non-hydrogen) atoms. The van der Waals surface area contributed by atoms with Gasteiger partial charge in [0.25, 0.3) is 0 Å². The molecule has 3 N–H and O–H groups in total. The molecule has 0 radical (unpaired) electrons. The van der Waals surface area contributed by atoms with Crippen LogP contribution in [0.2, 0.25) is 0 Å². The minimum Gasteiger partial charge on any atom is -0.271 e. The van der Waals surface area contributed by atoms with Gasteiger partial charge in [-0.3, -0.25) is 11.3 Å². The van der Waals surface area contributed by atoms with Crippen LogP contribution in [0.3, 0.4) is 0 Å². The van der Waals surface area contributed by atoms with Crippen molar-refractivity contribution < 1.29 is 0 Å². The second-order valence-corrected chi connectivity index (χ2v) is 3.36. The number of halogens is 1. The minimum absolute atomic E-state index is 0.201. The maximum Gasteiger partial charge on any atom is 0.0432 e. The van der Waals surface area contributed by atoms with Gasteiger partial charge < -0.3 is 0 Å². The first-order valence-electron chi connectivity index (χ1n) is 3.45. The number of hydrogen-bond acceptors (Lipinski definition) is 2. The molecule has 0 aromatic heterocycles. The fourth-order valence-corrected chi connectivity index (χ4v) is 1.29. The number of hydrogen-bond donors (Lipinski definition) is 2. The Morgan fingerprint density at radius 1 is 1.55 bits per heavy atom. The number of hydrazine groups is 1. The summed E-state index contributed by atoms with van der Waals surface area (Å²) < 4.78 is 1.08. The van der Waals surface area contributed by atoms with E-state index in [0.717, 1.165) is 4.47 Å². The third kappa shape index (κ3) is 2.29. The quantitative estimate of drug-likeness (QED) is 0.584. The third-order valence-corrected chi connectivity index (χ3v) is 2.09. The molecule has 0 heterocycles. The molecule has 2 nitrogen and oxygen atoms in total. The first-order chi connectivity index (χ1) is 5.24. The van der Waals surface area contributed by atoms with E-state index in [0.29, 0.717) is 0 Å². The molecule has 1 rings (SSSR count). The Morgan fingerprint density at radius 3 is 2.82 bits per heavy atom. The highest BCUT2D eigenvalue weighted by atomic mass is 79.9. The number of nitrogens with one attached hydrogen (secondary N) is 1. The van der Waals surface area contributed by atoms with E-state index in [4.69, 9.17) is 5.84 Å². The summed E-state index contributed by atoms with van der Waals surface area (Å²) in [5.41, 5.74) is 3.87. The smallest absolute Gasteiger partial charge is 0.0432 e. The Hall–Kier alpha value is -0.380. The second kappa shape index (κ2) is 3.85. The van der Waals surface area contributed by atoms with Crippen LogP contribution in [0.5, 0.6) is 0 Å². The largest absolute Gasteiger partial charge is 0.271 e. The van der Waals surface area contributed by atoms with Gasteiger partial charge in [0.05, 0.1) is 0 Å². The molecule has 0 aliphatic heterocycles. The molecule has 0 amide bonds. The monoisotopic (exact) mass is 214 g/mol. The summed E-state index contributed by atoms with van der Waals surface area (Å²) in [6.45, 7) is 2.02. The molecule has 60 valence electrons. The van der Waals surface area contributed by atoms with Crippen molar-refractivity contribution in [1.82, 2.24) is 5.43 Å². The Labute approximate surface area is 74.9 Å². The first-order valence-corrected chi connectivity index (χ1v) is 4.25. The maximum absolute atomic E-state index is 5.29. The molecule has 0 aliphatic carbocycles. The van der Waals surface area contributed by atoms with E-state index in [1.54, 1.807) is 0 Å². The fourth-order valence-electron chi connectivity index (χ4n) is 0.872. The van der Waals surface area contributed by atoms with E-state index in [9.17, 15) is 0 Å². The average molecular weight is 215 g/mol. The van der Waals surface area contributed by atoms with E-state index >= 15 is 0 Å². The predicted octanol–water partition coefficient (Wildman–Crippen LogP) is 1.97. The molecule has 3 heteroatoms. The van der Waals surface area contributed by atoms with Crippen LogP contribution in [0.1, 0.15) is 18.5 Å². The third-order valence-electron chi connectivity index (χ3n) is 1.60. The van der Waals surface area contributed by atoms with Gasteiger partial charge in [0, 0.05) is 10.5 Å². The summed E-state index contributed by atoms with van der Waals surface area (Å²) in [6, 6.07) is 8.27. The van der Waals surface area contributed by atoms with Gasteiger partial charge in [0.15, 0.2) is 0 Å². The number of nitrogens with two attached hydrogens (primary N) is 1. The van der Waals surface area contributed by atoms with Gasteiger partial charge in [0.1, 0.15) is 0 Å². The van der Waals surface area contributed by atoms with Crippen LogP contribution in [-0.2, 0) is 0 Å². The highest BCUT2D eigenvalue weighted by Crippen LogP contribution is 2.16. The Kier molecular flexibility index (Phi) is 3.05. The summed E-state index contributed by atoms with van der Waals surface area (Å²) in [5.74, 6) is 5.29. The zero-order valence-corrected chi connectivity index (χ0v) is 7.93. The zero-order valence-electron chi connectivity index (χ0n) is 6.34. The van der Waals surface area contributed by atoms with Crippen LogP contribution in [0.15, 0.2) is 28.7 Å². The molecule has 0 spiro atoms. The van der Waals surface area contributed by atoms with Gasteiger partial charge in [-0.15, -0.1) is 0 Å². The molecule has 0 aliphatic rings. The molecule has 1 atom stereocenters. The minimum atomic E-state index is 0.201. The maximum atomic E-state index is 5.29. The van der Waals surface area contributed by atoms with Crippen LogP contribution >= 0.6 is 15.9 Å². The summed E-state index contributed by atoms with van der Waals surface area (Å²) >= 11 is 3.39. The SMILES string of the molecule is C[C@@H](NN)c1cccc(Br)c1. The molecule has 0 fully saturated rings. The van der Waals surface area contributed by atoms with Crippen molar-refractivity contribution >= 4 is 15.9 Å². The van der Waals surface area contributed by atoms with Crippen molar-refractivity contribution in [2.75, 3.05) is 0 Å². The molecular weight excluding hydrogens is 204 g/mol. The Balaban J connectivity index is 2.86. The molecule has 1 aromatic carbocycles. The van der Waals surface area contributed by atoms with E-state index < -0.39 is 0 Å². The van der Waals surface area contributed by atoms with Gasteiger partial charge in [-0.1, -0.05) is 28.1 Å². The van der Waals surface area contributed by atoms with E-state index in [1.807, 2.05) is 31.2 Å². The molecule has 0 saturated carbocycles. The highest BCUT2D eigenvalue weighted by molar-refractivity contribution is 9.10. The van der Waals surface area contributed by atoms with Gasteiger partial charge in [-0.05, 0) is 24.6 Å². The van der Waals surface area contributed by atoms with Crippen LogP contribution in [0.4, 0.5) is 0 Å². The van der Waals surface area contributed by atoms with Gasteiger partial charge in [-0.25, -0.2) is 0 Å². The van der Waals surface area contributed by atoms with Crippen LogP contribution in [0, 0.1) is 0 Å². The lowest BCUT2D eigenvalue weighted by molar-refractivity contribution is 0.602. The number of rotatable bonds is 2. The normalized spacial score (nSPS) is 13.0. The highest BCUT2D eigenvalue weighted by Gasteiger charge is 2.01. The molecule has 0 unspecified atom stereocenters. The average Bonchev–Trinajstić information content (AvgIpc) is 2.03. The van der Waals surface area contributed by atoms with Crippen molar-refractivity contribution in [3.8, 4) is 0 Å². The second-order valence-electron chi connectivity index (χ2n) is 2.44. The van der Waals surface area contributed by atoms with Gasteiger partial charge in [0.2, 0.25) is 0 Å². The van der Waals surface area contributed by atoms with Crippen molar-refractivity contribution in [2.45, 2.75) is 13.0 Å². The molecular formula is C8H11BrN2.